The molecule has 0 bridgehead atoms. The van der Waals surface area contributed by atoms with Crippen molar-refractivity contribution in [1.82, 2.24) is 10.6 Å². The smallest absolute Gasteiger partial charge is 0.223 e. The Labute approximate surface area is 129 Å². The first-order valence-corrected chi connectivity index (χ1v) is 8.05. The molecule has 0 aromatic rings. The second-order valence-electron chi connectivity index (χ2n) is 7.66. The number of carbonyl (C=O) groups excluding carboxylic acids is 1. The van der Waals surface area contributed by atoms with E-state index in [1.54, 1.807) is 0 Å². The summed E-state index contributed by atoms with van der Waals surface area (Å²) in [4.78, 5) is 12.5. The molecule has 3 nitrogen and oxygen atoms in total. The van der Waals surface area contributed by atoms with E-state index in [0.29, 0.717) is 23.3 Å². The second kappa shape index (κ2) is 5.84. The summed E-state index contributed by atoms with van der Waals surface area (Å²) in [7, 11) is 0. The van der Waals surface area contributed by atoms with Crippen LogP contribution < -0.4 is 10.6 Å². The third-order valence-electron chi connectivity index (χ3n) is 5.93. The fourth-order valence-corrected chi connectivity index (χ4v) is 4.23. The van der Waals surface area contributed by atoms with E-state index in [4.69, 9.17) is 0 Å². The van der Waals surface area contributed by atoms with Gasteiger partial charge in [0.2, 0.25) is 5.91 Å². The number of rotatable bonds is 2. The minimum absolute atomic E-state index is 0. The fraction of sp³-hybridized carbons (Fsp3) is 0.938. The van der Waals surface area contributed by atoms with Gasteiger partial charge in [-0.2, -0.15) is 0 Å². The molecule has 3 rings (SSSR count). The van der Waals surface area contributed by atoms with Gasteiger partial charge in [0.15, 0.2) is 0 Å². The lowest BCUT2D eigenvalue weighted by Gasteiger charge is -2.39. The van der Waals surface area contributed by atoms with Crippen LogP contribution in [-0.2, 0) is 4.79 Å². The Morgan fingerprint density at radius 1 is 1.15 bits per heavy atom. The van der Waals surface area contributed by atoms with Crippen LogP contribution in [0.1, 0.15) is 58.8 Å². The van der Waals surface area contributed by atoms with Crippen LogP contribution in [-0.4, -0.2) is 25.0 Å². The third kappa shape index (κ3) is 2.99. The highest BCUT2D eigenvalue weighted by molar-refractivity contribution is 5.85. The molecule has 1 saturated heterocycles. The van der Waals surface area contributed by atoms with Crippen molar-refractivity contribution in [2.75, 3.05) is 13.1 Å². The SMILES string of the molecule is CC1(C)CCCCC1NC(=O)C1CC12CCNCC2.Cl. The van der Waals surface area contributed by atoms with E-state index >= 15 is 0 Å². The van der Waals surface area contributed by atoms with E-state index < -0.39 is 0 Å². The van der Waals surface area contributed by atoms with Crippen LogP contribution in [0, 0.1) is 16.7 Å². The van der Waals surface area contributed by atoms with Crippen LogP contribution in [0.4, 0.5) is 0 Å². The Hall–Kier alpha value is -0.280. The maximum Gasteiger partial charge on any atom is 0.223 e. The molecule has 2 saturated carbocycles. The Balaban J connectivity index is 0.00000147. The molecule has 1 aliphatic heterocycles. The van der Waals surface area contributed by atoms with Crippen molar-refractivity contribution in [3.05, 3.63) is 0 Å². The van der Waals surface area contributed by atoms with Gasteiger partial charge in [-0.05, 0) is 56.0 Å². The molecular weight excluding hydrogens is 272 g/mol. The minimum Gasteiger partial charge on any atom is -0.353 e. The van der Waals surface area contributed by atoms with Crippen LogP contribution >= 0.6 is 12.4 Å². The highest BCUT2D eigenvalue weighted by Gasteiger charge is 2.58. The molecule has 0 radical (unpaired) electrons. The number of halogens is 1. The molecule has 0 aromatic carbocycles. The number of amides is 1. The molecule has 3 aliphatic rings. The molecule has 4 heteroatoms. The number of hydrogen-bond donors (Lipinski definition) is 2. The molecular formula is C16H29ClN2O. The first-order chi connectivity index (χ1) is 9.04. The number of hydrogen-bond acceptors (Lipinski definition) is 2. The average Bonchev–Trinajstić information content (AvgIpc) is 3.06. The maximum absolute atomic E-state index is 12.5. The Bertz CT molecular complexity index is 363. The lowest BCUT2D eigenvalue weighted by Crippen LogP contribution is -2.48. The molecule has 116 valence electrons. The normalized spacial score (nSPS) is 34.1. The van der Waals surface area contributed by atoms with Gasteiger partial charge in [-0.1, -0.05) is 26.7 Å². The highest BCUT2D eigenvalue weighted by Crippen LogP contribution is 2.58. The largest absolute Gasteiger partial charge is 0.353 e. The van der Waals surface area contributed by atoms with Crippen LogP contribution in [0.5, 0.6) is 0 Å². The summed E-state index contributed by atoms with van der Waals surface area (Å²) >= 11 is 0. The predicted octanol–water partition coefficient (Wildman–Crippen LogP) is 2.88. The van der Waals surface area contributed by atoms with Crippen LogP contribution in [0.25, 0.3) is 0 Å². The molecule has 2 atom stereocenters. The van der Waals surface area contributed by atoms with Gasteiger partial charge in [0.1, 0.15) is 0 Å². The van der Waals surface area contributed by atoms with Gasteiger partial charge in [0.05, 0.1) is 0 Å². The van der Waals surface area contributed by atoms with E-state index in [-0.39, 0.29) is 17.8 Å². The van der Waals surface area contributed by atoms with E-state index in [0.717, 1.165) is 19.5 Å². The minimum atomic E-state index is 0. The number of piperidine rings is 1. The van der Waals surface area contributed by atoms with Crippen LogP contribution in [0.3, 0.4) is 0 Å². The summed E-state index contributed by atoms with van der Waals surface area (Å²) in [6.07, 6.45) is 8.52. The summed E-state index contributed by atoms with van der Waals surface area (Å²) in [6, 6.07) is 0.396. The molecule has 3 fully saturated rings. The molecule has 2 N–H and O–H groups in total. The topological polar surface area (TPSA) is 41.1 Å². The van der Waals surface area contributed by atoms with Gasteiger partial charge in [-0.15, -0.1) is 12.4 Å². The van der Waals surface area contributed by atoms with Crippen molar-refractivity contribution in [3.8, 4) is 0 Å². The summed E-state index contributed by atoms with van der Waals surface area (Å²) < 4.78 is 0. The lowest BCUT2D eigenvalue weighted by atomic mass is 9.73. The van der Waals surface area contributed by atoms with E-state index in [1.807, 2.05) is 0 Å². The molecule has 2 aliphatic carbocycles. The van der Waals surface area contributed by atoms with Gasteiger partial charge >= 0.3 is 0 Å². The molecule has 0 aromatic heterocycles. The molecule has 1 spiro atoms. The molecule has 1 amide bonds. The third-order valence-corrected chi connectivity index (χ3v) is 5.93. The van der Waals surface area contributed by atoms with Crippen molar-refractivity contribution in [2.24, 2.45) is 16.7 Å². The Morgan fingerprint density at radius 3 is 2.50 bits per heavy atom. The number of nitrogens with one attached hydrogen (secondary N) is 2. The van der Waals surface area contributed by atoms with Crippen molar-refractivity contribution >= 4 is 18.3 Å². The van der Waals surface area contributed by atoms with E-state index in [2.05, 4.69) is 24.5 Å². The maximum atomic E-state index is 12.5. The van der Waals surface area contributed by atoms with E-state index in [9.17, 15) is 4.79 Å². The van der Waals surface area contributed by atoms with Gasteiger partial charge in [0.25, 0.3) is 0 Å². The molecule has 2 unspecified atom stereocenters. The van der Waals surface area contributed by atoms with Gasteiger partial charge in [-0.3, -0.25) is 4.79 Å². The lowest BCUT2D eigenvalue weighted by molar-refractivity contribution is -0.125. The monoisotopic (exact) mass is 300 g/mol. The number of carbonyl (C=O) groups is 1. The van der Waals surface area contributed by atoms with Crippen molar-refractivity contribution in [3.63, 3.8) is 0 Å². The Morgan fingerprint density at radius 2 is 1.85 bits per heavy atom. The van der Waals surface area contributed by atoms with Crippen LogP contribution in [0.15, 0.2) is 0 Å². The van der Waals surface area contributed by atoms with Crippen LogP contribution in [0.2, 0.25) is 0 Å². The Kier molecular flexibility index (Phi) is 4.70. The standard InChI is InChI=1S/C16H28N2O.ClH/c1-15(2)6-4-3-5-13(15)18-14(19)12-11-16(12)7-9-17-10-8-16;/h12-13,17H,3-11H2,1-2H3,(H,18,19);1H. The van der Waals surface area contributed by atoms with E-state index in [1.165, 1.54) is 38.5 Å². The zero-order valence-electron chi connectivity index (χ0n) is 12.8. The van der Waals surface area contributed by atoms with Crippen molar-refractivity contribution < 1.29 is 4.79 Å². The highest BCUT2D eigenvalue weighted by atomic mass is 35.5. The quantitative estimate of drug-likeness (QED) is 0.823. The molecule has 20 heavy (non-hydrogen) atoms. The first-order valence-electron chi connectivity index (χ1n) is 8.05. The second-order valence-corrected chi connectivity index (χ2v) is 7.66. The zero-order chi connectivity index (χ0) is 13.5. The van der Waals surface area contributed by atoms with Crippen molar-refractivity contribution in [1.29, 1.82) is 0 Å². The van der Waals surface area contributed by atoms with Gasteiger partial charge in [0, 0.05) is 12.0 Å². The average molecular weight is 301 g/mol. The molecule has 1 heterocycles. The van der Waals surface area contributed by atoms with Gasteiger partial charge in [-0.25, -0.2) is 0 Å². The summed E-state index contributed by atoms with van der Waals surface area (Å²) in [6.45, 7) is 6.81. The summed E-state index contributed by atoms with van der Waals surface area (Å²) in [5.74, 6) is 0.661. The predicted molar refractivity (Wildman–Crippen MR) is 84.1 cm³/mol. The summed E-state index contributed by atoms with van der Waals surface area (Å²) in [5, 5.41) is 6.79. The van der Waals surface area contributed by atoms with Gasteiger partial charge < -0.3 is 10.6 Å². The zero-order valence-corrected chi connectivity index (χ0v) is 13.7. The first kappa shape index (κ1) is 16.1. The van der Waals surface area contributed by atoms with Crippen molar-refractivity contribution in [2.45, 2.75) is 64.8 Å². The summed E-state index contributed by atoms with van der Waals surface area (Å²) in [5.41, 5.74) is 0.651. The fourth-order valence-electron chi connectivity index (χ4n) is 4.23.